The Morgan fingerprint density at radius 2 is 1.55 bits per heavy atom. The first-order valence-electron chi connectivity index (χ1n) is 14.0. The molecule has 10 nitrogen and oxygen atoms in total. The number of aromatic nitrogens is 5. The Morgan fingerprint density at radius 3 is 2.19 bits per heavy atom. The molecule has 0 radical (unpaired) electrons. The van der Waals surface area contributed by atoms with Crippen LogP contribution in [0.1, 0.15) is 31.0 Å². The average Bonchev–Trinajstić information content (AvgIpc) is 3.80. The maximum absolute atomic E-state index is 5.82. The summed E-state index contributed by atoms with van der Waals surface area (Å²) in [5.41, 5.74) is 4.34. The first-order valence-corrected chi connectivity index (χ1v) is 14.0. The van der Waals surface area contributed by atoms with Crippen LogP contribution in [0.15, 0.2) is 60.7 Å². The molecule has 1 aliphatic rings. The van der Waals surface area contributed by atoms with Crippen LogP contribution in [0.2, 0.25) is 0 Å². The van der Waals surface area contributed by atoms with E-state index in [4.69, 9.17) is 38.9 Å². The third kappa shape index (κ3) is 5.15. The van der Waals surface area contributed by atoms with Gasteiger partial charge in [-0.25, -0.2) is 19.9 Å². The number of benzene rings is 2. The zero-order chi connectivity index (χ0) is 29.2. The Balaban J connectivity index is 1.57. The molecule has 2 aromatic carbocycles. The second-order valence-electron chi connectivity index (χ2n) is 10.1. The molecule has 0 N–H and O–H groups in total. The summed E-state index contributed by atoms with van der Waals surface area (Å²) in [6, 6.07) is 19.8. The monoisotopic (exact) mass is 566 g/mol. The fourth-order valence-corrected chi connectivity index (χ4v) is 5.13. The number of rotatable bonds is 11. The van der Waals surface area contributed by atoms with Crippen molar-refractivity contribution in [1.29, 1.82) is 0 Å². The lowest BCUT2D eigenvalue weighted by Gasteiger charge is -2.25. The summed E-state index contributed by atoms with van der Waals surface area (Å²) >= 11 is 0. The molecular formula is C32H34N6O4. The standard InChI is InChI=1S/C32H34N6O4/c1-6-42-27-12-7-9-24(34-27)31-35-29-32(38(31)28-25(40-4)10-8-11-26(28)41-5)36-30(20(2)33-29)37(22-15-16-22)19-21-13-17-23(39-3)18-14-21/h7-14,17-18,22H,6,15-16,19H2,1-5H3. The fourth-order valence-electron chi connectivity index (χ4n) is 5.13. The molecule has 3 heterocycles. The van der Waals surface area contributed by atoms with Gasteiger partial charge in [0.15, 0.2) is 22.9 Å². The van der Waals surface area contributed by atoms with Gasteiger partial charge < -0.3 is 23.8 Å². The van der Waals surface area contributed by atoms with Crippen molar-refractivity contribution < 1.29 is 18.9 Å². The summed E-state index contributed by atoms with van der Waals surface area (Å²) in [5.74, 6) is 3.93. The van der Waals surface area contributed by atoms with E-state index in [9.17, 15) is 0 Å². The molecule has 0 amide bonds. The molecule has 10 heteroatoms. The molecule has 0 unspecified atom stereocenters. The van der Waals surface area contributed by atoms with Gasteiger partial charge in [-0.05, 0) is 62.6 Å². The number of hydrogen-bond acceptors (Lipinski definition) is 9. The van der Waals surface area contributed by atoms with Gasteiger partial charge in [-0.15, -0.1) is 0 Å². The minimum Gasteiger partial charge on any atom is -0.497 e. The van der Waals surface area contributed by atoms with Crippen LogP contribution in [0.4, 0.5) is 5.82 Å². The SMILES string of the molecule is CCOc1cccc(-c2nc3nc(C)c(N(Cc4ccc(OC)cc4)C4CC4)nc3n2-c2c(OC)cccc2OC)n1. The summed E-state index contributed by atoms with van der Waals surface area (Å²) in [6.07, 6.45) is 2.21. The van der Waals surface area contributed by atoms with E-state index in [1.807, 2.05) is 66.9 Å². The largest absolute Gasteiger partial charge is 0.497 e. The molecule has 1 saturated carbocycles. The van der Waals surface area contributed by atoms with Gasteiger partial charge in [-0.2, -0.15) is 0 Å². The van der Waals surface area contributed by atoms with E-state index in [-0.39, 0.29) is 0 Å². The molecule has 1 aliphatic carbocycles. The molecule has 0 spiro atoms. The minimum atomic E-state index is 0.388. The highest BCUT2D eigenvalue weighted by Crippen LogP contribution is 2.40. The number of nitrogens with zero attached hydrogens (tertiary/aromatic N) is 6. The van der Waals surface area contributed by atoms with Crippen LogP contribution in [0.25, 0.3) is 28.5 Å². The summed E-state index contributed by atoms with van der Waals surface area (Å²) < 4.78 is 24.6. The Kier molecular flexibility index (Phi) is 7.52. The molecule has 0 bridgehead atoms. The molecule has 42 heavy (non-hydrogen) atoms. The number of fused-ring (bicyclic) bond motifs is 1. The Bertz CT molecular complexity index is 1690. The highest BCUT2D eigenvalue weighted by molar-refractivity contribution is 5.80. The fraction of sp³-hybridized carbons (Fsp3) is 0.312. The maximum atomic E-state index is 5.82. The quantitative estimate of drug-likeness (QED) is 0.197. The molecule has 6 rings (SSSR count). The van der Waals surface area contributed by atoms with Gasteiger partial charge in [0.1, 0.15) is 28.6 Å². The van der Waals surface area contributed by atoms with Gasteiger partial charge in [0.2, 0.25) is 5.88 Å². The average molecular weight is 567 g/mol. The third-order valence-electron chi connectivity index (χ3n) is 7.29. The zero-order valence-electron chi connectivity index (χ0n) is 24.5. The van der Waals surface area contributed by atoms with Crippen LogP contribution in [-0.4, -0.2) is 58.5 Å². The molecule has 216 valence electrons. The van der Waals surface area contributed by atoms with Gasteiger partial charge in [0.05, 0.1) is 33.6 Å². The van der Waals surface area contributed by atoms with Gasteiger partial charge in [-0.3, -0.25) is 4.57 Å². The maximum Gasteiger partial charge on any atom is 0.213 e. The molecule has 0 aliphatic heterocycles. The van der Waals surface area contributed by atoms with Gasteiger partial charge in [0, 0.05) is 18.7 Å². The summed E-state index contributed by atoms with van der Waals surface area (Å²) in [5, 5.41) is 0. The van der Waals surface area contributed by atoms with Gasteiger partial charge in [0.25, 0.3) is 0 Å². The number of aryl methyl sites for hydroxylation is 1. The number of imidazole rings is 1. The number of hydrogen-bond donors (Lipinski definition) is 0. The van der Waals surface area contributed by atoms with Crippen molar-refractivity contribution >= 4 is 17.1 Å². The van der Waals surface area contributed by atoms with E-state index >= 15 is 0 Å². The van der Waals surface area contributed by atoms with Crippen molar-refractivity contribution in [2.45, 2.75) is 39.3 Å². The number of methoxy groups -OCH3 is 3. The zero-order valence-corrected chi connectivity index (χ0v) is 24.5. The number of ether oxygens (including phenoxy) is 4. The smallest absolute Gasteiger partial charge is 0.213 e. The lowest BCUT2D eigenvalue weighted by Crippen LogP contribution is -2.27. The number of para-hydroxylation sites is 1. The van der Waals surface area contributed by atoms with Crippen molar-refractivity contribution in [2.24, 2.45) is 0 Å². The van der Waals surface area contributed by atoms with E-state index < -0.39 is 0 Å². The van der Waals surface area contributed by atoms with Crippen LogP contribution in [0.3, 0.4) is 0 Å². The predicted octanol–water partition coefficient (Wildman–Crippen LogP) is 5.78. The first kappa shape index (κ1) is 27.3. The van der Waals surface area contributed by atoms with Gasteiger partial charge in [-0.1, -0.05) is 24.3 Å². The van der Waals surface area contributed by atoms with Crippen molar-refractivity contribution in [3.05, 3.63) is 71.9 Å². The van der Waals surface area contributed by atoms with Crippen LogP contribution in [-0.2, 0) is 6.54 Å². The molecule has 1 fully saturated rings. The molecule has 0 atom stereocenters. The number of pyridine rings is 1. The minimum absolute atomic E-state index is 0.388. The van der Waals surface area contributed by atoms with E-state index in [1.165, 1.54) is 5.56 Å². The Labute approximate surface area is 244 Å². The van der Waals surface area contributed by atoms with Crippen LogP contribution in [0, 0.1) is 6.92 Å². The van der Waals surface area contributed by atoms with E-state index in [1.54, 1.807) is 21.3 Å². The summed E-state index contributed by atoms with van der Waals surface area (Å²) in [4.78, 5) is 22.3. The molecule has 3 aromatic heterocycles. The topological polar surface area (TPSA) is 96.7 Å². The second kappa shape index (κ2) is 11.6. The third-order valence-corrected chi connectivity index (χ3v) is 7.29. The molecule has 5 aromatic rings. The van der Waals surface area contributed by atoms with E-state index in [0.717, 1.165) is 30.1 Å². The van der Waals surface area contributed by atoms with Crippen molar-refractivity contribution in [3.8, 4) is 40.3 Å². The van der Waals surface area contributed by atoms with Crippen LogP contribution >= 0.6 is 0 Å². The lowest BCUT2D eigenvalue weighted by molar-refractivity contribution is 0.327. The van der Waals surface area contributed by atoms with Crippen LogP contribution < -0.4 is 23.8 Å². The normalized spacial score (nSPS) is 12.8. The Morgan fingerprint density at radius 1 is 0.833 bits per heavy atom. The van der Waals surface area contributed by atoms with Crippen LogP contribution in [0.5, 0.6) is 23.1 Å². The van der Waals surface area contributed by atoms with E-state index in [2.05, 4.69) is 17.0 Å². The second-order valence-corrected chi connectivity index (χ2v) is 10.1. The highest BCUT2D eigenvalue weighted by atomic mass is 16.5. The predicted molar refractivity (Wildman–Crippen MR) is 161 cm³/mol. The van der Waals surface area contributed by atoms with E-state index in [0.29, 0.717) is 65.1 Å². The van der Waals surface area contributed by atoms with Crippen molar-refractivity contribution in [2.75, 3.05) is 32.8 Å². The molecular weight excluding hydrogens is 532 g/mol. The van der Waals surface area contributed by atoms with Crippen molar-refractivity contribution in [1.82, 2.24) is 24.5 Å². The summed E-state index contributed by atoms with van der Waals surface area (Å²) in [6.45, 7) is 5.12. The number of anilines is 1. The molecule has 0 saturated heterocycles. The summed E-state index contributed by atoms with van der Waals surface area (Å²) in [7, 11) is 4.95. The highest BCUT2D eigenvalue weighted by Gasteiger charge is 2.33. The van der Waals surface area contributed by atoms with Crippen molar-refractivity contribution in [3.63, 3.8) is 0 Å². The Hall–Kier alpha value is -4.86. The van der Waals surface area contributed by atoms with Gasteiger partial charge >= 0.3 is 0 Å². The lowest BCUT2D eigenvalue weighted by atomic mass is 10.2. The first-order chi connectivity index (χ1) is 20.5.